The lowest BCUT2D eigenvalue weighted by atomic mass is 10.1. The molecular weight excluding hydrogens is 394 g/mol. The van der Waals surface area contributed by atoms with Crippen molar-refractivity contribution in [3.8, 4) is 5.75 Å². The lowest BCUT2D eigenvalue weighted by Gasteiger charge is -2.12. The topological polar surface area (TPSA) is 32.3 Å². The molecule has 0 unspecified atom stereocenters. The molecule has 0 aliphatic carbocycles. The summed E-state index contributed by atoms with van der Waals surface area (Å²) in [6.07, 6.45) is -4.36. The summed E-state index contributed by atoms with van der Waals surface area (Å²) in [7, 11) is 0. The van der Waals surface area contributed by atoms with Gasteiger partial charge in [0.25, 0.3) is 0 Å². The lowest BCUT2D eigenvalue weighted by Crippen LogP contribution is -2.06. The van der Waals surface area contributed by atoms with E-state index in [0.29, 0.717) is 14.8 Å². The van der Waals surface area contributed by atoms with Gasteiger partial charge in [0.15, 0.2) is 0 Å². The SMILES string of the molecule is Cc1cc(I)c(O)c(CNc2cccc(C(F)(F)F)c2)c1. The molecule has 2 N–H and O–H groups in total. The maximum Gasteiger partial charge on any atom is 0.416 e. The van der Waals surface area contributed by atoms with Crippen LogP contribution in [-0.4, -0.2) is 5.11 Å². The van der Waals surface area contributed by atoms with Crippen LogP contribution in [0.3, 0.4) is 0 Å². The van der Waals surface area contributed by atoms with Gasteiger partial charge < -0.3 is 10.4 Å². The molecule has 0 radical (unpaired) electrons. The molecule has 0 aliphatic heterocycles. The van der Waals surface area contributed by atoms with Crippen LogP contribution in [0.2, 0.25) is 0 Å². The van der Waals surface area contributed by atoms with Gasteiger partial charge in [-0.3, -0.25) is 0 Å². The van der Waals surface area contributed by atoms with Crippen LogP contribution in [0, 0.1) is 10.5 Å². The van der Waals surface area contributed by atoms with Crippen molar-refractivity contribution in [3.63, 3.8) is 0 Å². The van der Waals surface area contributed by atoms with Gasteiger partial charge in [0, 0.05) is 17.8 Å². The van der Waals surface area contributed by atoms with Crippen LogP contribution in [0.4, 0.5) is 18.9 Å². The van der Waals surface area contributed by atoms with E-state index < -0.39 is 11.7 Å². The molecule has 0 saturated carbocycles. The summed E-state index contributed by atoms with van der Waals surface area (Å²) in [5, 5.41) is 12.9. The summed E-state index contributed by atoms with van der Waals surface area (Å²) in [6, 6.07) is 8.63. The Morgan fingerprint density at radius 3 is 2.57 bits per heavy atom. The van der Waals surface area contributed by atoms with Crippen molar-refractivity contribution in [2.75, 3.05) is 5.32 Å². The van der Waals surface area contributed by atoms with E-state index in [9.17, 15) is 18.3 Å². The van der Waals surface area contributed by atoms with Crippen LogP contribution >= 0.6 is 22.6 Å². The molecule has 0 fully saturated rings. The van der Waals surface area contributed by atoms with E-state index in [0.717, 1.165) is 17.7 Å². The molecule has 2 aromatic rings. The number of halogens is 4. The zero-order chi connectivity index (χ0) is 15.6. The largest absolute Gasteiger partial charge is 0.506 e. The van der Waals surface area contributed by atoms with Crippen molar-refractivity contribution in [1.82, 2.24) is 0 Å². The average molecular weight is 407 g/mol. The Balaban J connectivity index is 2.17. The first kappa shape index (κ1) is 15.9. The van der Waals surface area contributed by atoms with Gasteiger partial charge in [0.2, 0.25) is 0 Å². The second kappa shape index (κ2) is 6.13. The number of anilines is 1. The molecule has 0 atom stereocenters. The van der Waals surface area contributed by atoms with Crippen molar-refractivity contribution in [1.29, 1.82) is 0 Å². The molecule has 6 heteroatoms. The smallest absolute Gasteiger partial charge is 0.416 e. The van der Waals surface area contributed by atoms with Crippen LogP contribution < -0.4 is 5.32 Å². The minimum atomic E-state index is -4.36. The predicted molar refractivity (Wildman–Crippen MR) is 84.3 cm³/mol. The van der Waals surface area contributed by atoms with Gasteiger partial charge in [-0.15, -0.1) is 0 Å². The van der Waals surface area contributed by atoms with E-state index in [1.807, 2.05) is 35.6 Å². The third kappa shape index (κ3) is 4.03. The summed E-state index contributed by atoms with van der Waals surface area (Å²) in [4.78, 5) is 0. The normalized spacial score (nSPS) is 11.5. The summed E-state index contributed by atoms with van der Waals surface area (Å²) >= 11 is 2.02. The van der Waals surface area contributed by atoms with Gasteiger partial charge in [-0.25, -0.2) is 0 Å². The Labute approximate surface area is 134 Å². The third-order valence-electron chi connectivity index (χ3n) is 2.96. The predicted octanol–water partition coefficient (Wildman–Crippen LogP) is 4.94. The molecule has 0 aromatic heterocycles. The van der Waals surface area contributed by atoms with Crippen molar-refractivity contribution in [2.24, 2.45) is 0 Å². The Hall–Kier alpha value is -1.44. The molecule has 0 saturated heterocycles. The molecule has 2 nitrogen and oxygen atoms in total. The Kier molecular flexibility index (Phi) is 4.65. The molecule has 0 spiro atoms. The third-order valence-corrected chi connectivity index (χ3v) is 3.78. The lowest BCUT2D eigenvalue weighted by molar-refractivity contribution is -0.137. The van der Waals surface area contributed by atoms with E-state index in [4.69, 9.17) is 0 Å². The van der Waals surface area contributed by atoms with Gasteiger partial charge in [0.1, 0.15) is 5.75 Å². The van der Waals surface area contributed by atoms with Crippen LogP contribution in [-0.2, 0) is 12.7 Å². The van der Waals surface area contributed by atoms with Crippen molar-refractivity contribution in [2.45, 2.75) is 19.6 Å². The van der Waals surface area contributed by atoms with E-state index in [-0.39, 0.29) is 12.3 Å². The highest BCUT2D eigenvalue weighted by Gasteiger charge is 2.30. The maximum absolute atomic E-state index is 12.6. The number of phenols is 1. The van der Waals surface area contributed by atoms with Crippen molar-refractivity contribution >= 4 is 28.3 Å². The fourth-order valence-corrected chi connectivity index (χ4v) is 2.78. The zero-order valence-corrected chi connectivity index (χ0v) is 13.3. The number of aryl methyl sites for hydroxylation is 1. The minimum absolute atomic E-state index is 0.153. The first-order valence-electron chi connectivity index (χ1n) is 6.16. The molecule has 2 rings (SSSR count). The van der Waals surface area contributed by atoms with Crippen LogP contribution in [0.15, 0.2) is 36.4 Å². The van der Waals surface area contributed by atoms with E-state index >= 15 is 0 Å². The molecule has 2 aromatic carbocycles. The zero-order valence-electron chi connectivity index (χ0n) is 11.1. The number of hydrogen-bond donors (Lipinski definition) is 2. The fraction of sp³-hybridized carbons (Fsp3) is 0.200. The highest BCUT2D eigenvalue weighted by Crippen LogP contribution is 2.31. The number of benzene rings is 2. The molecule has 0 aliphatic rings. The second-order valence-electron chi connectivity index (χ2n) is 4.69. The molecule has 0 heterocycles. The molecule has 0 amide bonds. The number of alkyl halides is 3. The monoisotopic (exact) mass is 407 g/mol. The Morgan fingerprint density at radius 1 is 1.19 bits per heavy atom. The second-order valence-corrected chi connectivity index (χ2v) is 5.85. The summed E-state index contributed by atoms with van der Waals surface area (Å²) in [5.41, 5.74) is 1.30. The number of phenolic OH excluding ortho intramolecular Hbond substituents is 1. The van der Waals surface area contributed by atoms with Gasteiger partial charge in [-0.2, -0.15) is 13.2 Å². The van der Waals surface area contributed by atoms with Crippen molar-refractivity contribution < 1.29 is 18.3 Å². The number of nitrogens with one attached hydrogen (secondary N) is 1. The van der Waals surface area contributed by atoms with Crippen LogP contribution in [0.5, 0.6) is 5.75 Å². The van der Waals surface area contributed by atoms with Crippen LogP contribution in [0.1, 0.15) is 16.7 Å². The standard InChI is InChI=1S/C15H13F3INO/c1-9-5-10(14(21)13(19)6-9)8-20-12-4-2-3-11(7-12)15(16,17)18/h2-7,20-21H,8H2,1H3. The van der Waals surface area contributed by atoms with E-state index in [2.05, 4.69) is 5.32 Å². The van der Waals surface area contributed by atoms with Crippen molar-refractivity contribution in [3.05, 3.63) is 56.7 Å². The molecule has 21 heavy (non-hydrogen) atoms. The van der Waals surface area contributed by atoms with Gasteiger partial charge in [0.05, 0.1) is 9.13 Å². The fourth-order valence-electron chi connectivity index (χ4n) is 1.94. The number of aromatic hydroxyl groups is 1. The Bertz CT molecular complexity index is 656. The highest BCUT2D eigenvalue weighted by molar-refractivity contribution is 14.1. The van der Waals surface area contributed by atoms with E-state index in [1.54, 1.807) is 12.1 Å². The minimum Gasteiger partial charge on any atom is -0.506 e. The van der Waals surface area contributed by atoms with Crippen LogP contribution in [0.25, 0.3) is 0 Å². The summed E-state index contributed by atoms with van der Waals surface area (Å²) in [6.45, 7) is 2.15. The number of rotatable bonds is 3. The van der Waals surface area contributed by atoms with Gasteiger partial charge in [-0.1, -0.05) is 12.1 Å². The molecule has 0 bridgehead atoms. The highest BCUT2D eigenvalue weighted by atomic mass is 127. The molecular formula is C15H13F3INO. The first-order valence-corrected chi connectivity index (χ1v) is 7.24. The van der Waals surface area contributed by atoms with Gasteiger partial charge in [-0.05, 0) is 59.3 Å². The average Bonchev–Trinajstić information content (AvgIpc) is 2.40. The molecule has 112 valence electrons. The maximum atomic E-state index is 12.6. The number of hydrogen-bond acceptors (Lipinski definition) is 2. The van der Waals surface area contributed by atoms with Gasteiger partial charge >= 0.3 is 6.18 Å². The summed E-state index contributed by atoms with van der Waals surface area (Å²) in [5.74, 6) is 0.153. The summed E-state index contributed by atoms with van der Waals surface area (Å²) < 4.78 is 38.6. The van der Waals surface area contributed by atoms with E-state index in [1.165, 1.54) is 6.07 Å². The first-order chi connectivity index (χ1) is 9.77. The quantitative estimate of drug-likeness (QED) is 0.707. The Morgan fingerprint density at radius 2 is 1.90 bits per heavy atom.